The normalized spacial score (nSPS) is 16.5. The molecule has 122 valence electrons. The predicted octanol–water partition coefficient (Wildman–Crippen LogP) is 2.51. The summed E-state index contributed by atoms with van der Waals surface area (Å²) in [4.78, 5) is 0. The lowest BCUT2D eigenvalue weighted by atomic mass is 9.73. The van der Waals surface area contributed by atoms with E-state index in [4.69, 9.17) is 5.73 Å². The van der Waals surface area contributed by atoms with Crippen molar-refractivity contribution in [1.29, 1.82) is 0 Å². The van der Waals surface area contributed by atoms with Crippen LogP contribution in [0.2, 0.25) is 0 Å². The molecule has 2 heterocycles. The molecule has 1 fully saturated rings. The number of hydrogen-bond acceptors (Lipinski definition) is 3. The number of halogens is 2. The molecule has 22 heavy (non-hydrogen) atoms. The lowest BCUT2D eigenvalue weighted by Crippen LogP contribution is -2.44. The third-order valence-electron chi connectivity index (χ3n) is 4.46. The van der Waals surface area contributed by atoms with Gasteiger partial charge in [0, 0.05) is 30.8 Å². The van der Waals surface area contributed by atoms with Crippen LogP contribution in [0.1, 0.15) is 18.4 Å². The molecule has 3 N–H and O–H groups in total. The summed E-state index contributed by atoms with van der Waals surface area (Å²) in [5.41, 5.74) is 10.00. The number of hydrogen-bond donors (Lipinski definition) is 2. The molecule has 0 saturated carbocycles. The summed E-state index contributed by atoms with van der Waals surface area (Å²) in [5.74, 6) is 0. The first-order chi connectivity index (χ1) is 9.73. The largest absolute Gasteiger partial charge is 0.330 e. The molecule has 0 unspecified atom stereocenters. The highest BCUT2D eigenvalue weighted by atomic mass is 35.5. The minimum absolute atomic E-state index is 0. The Morgan fingerprint density at radius 1 is 1.23 bits per heavy atom. The molecule has 1 aliphatic rings. The summed E-state index contributed by atoms with van der Waals surface area (Å²) >= 11 is 0. The van der Waals surface area contributed by atoms with Gasteiger partial charge in [0.15, 0.2) is 0 Å². The van der Waals surface area contributed by atoms with Crippen molar-refractivity contribution in [3.05, 3.63) is 42.2 Å². The molecule has 4 nitrogen and oxygen atoms in total. The Kier molecular flexibility index (Phi) is 6.88. The third kappa shape index (κ3) is 3.63. The maximum Gasteiger partial charge on any atom is 0.0568 e. The molecule has 2 aromatic rings. The van der Waals surface area contributed by atoms with Gasteiger partial charge in [0.2, 0.25) is 0 Å². The fourth-order valence-corrected chi connectivity index (χ4v) is 3.11. The zero-order chi connectivity index (χ0) is 14.0. The zero-order valence-electron chi connectivity index (χ0n) is 12.8. The second kappa shape index (κ2) is 7.97. The fourth-order valence-electron chi connectivity index (χ4n) is 3.11. The molecule has 6 heteroatoms. The second-order valence-corrected chi connectivity index (χ2v) is 5.72. The molecular formula is C16H24Cl2N4. The zero-order valence-corrected chi connectivity index (χ0v) is 14.4. The van der Waals surface area contributed by atoms with E-state index in [0.29, 0.717) is 6.54 Å². The monoisotopic (exact) mass is 342 g/mol. The molecular weight excluding hydrogens is 319 g/mol. The SMILES string of the molecule is Cl.Cl.Cn1cc(-c2cccc(C3(CN)CCNCC3)c2)cn1. The van der Waals surface area contributed by atoms with Crippen LogP contribution >= 0.6 is 24.8 Å². The average Bonchev–Trinajstić information content (AvgIpc) is 2.95. The van der Waals surface area contributed by atoms with Crippen LogP contribution in [0.5, 0.6) is 0 Å². The highest BCUT2D eigenvalue weighted by Gasteiger charge is 2.32. The first-order valence-electron chi connectivity index (χ1n) is 7.24. The maximum absolute atomic E-state index is 6.12. The summed E-state index contributed by atoms with van der Waals surface area (Å²) in [7, 11) is 1.95. The van der Waals surface area contributed by atoms with Crippen LogP contribution in [0.4, 0.5) is 0 Å². The van der Waals surface area contributed by atoms with Gasteiger partial charge in [0.05, 0.1) is 6.20 Å². The molecule has 0 aliphatic carbocycles. The van der Waals surface area contributed by atoms with E-state index in [1.165, 1.54) is 11.1 Å². The van der Waals surface area contributed by atoms with Crippen molar-refractivity contribution < 1.29 is 0 Å². The molecule has 0 amide bonds. The van der Waals surface area contributed by atoms with Crippen LogP contribution in [0.3, 0.4) is 0 Å². The van der Waals surface area contributed by atoms with Crippen LogP contribution in [0, 0.1) is 0 Å². The third-order valence-corrected chi connectivity index (χ3v) is 4.46. The Labute approximate surface area is 144 Å². The summed E-state index contributed by atoms with van der Waals surface area (Å²) < 4.78 is 1.84. The molecule has 3 rings (SSSR count). The molecule has 0 radical (unpaired) electrons. The summed E-state index contributed by atoms with van der Waals surface area (Å²) in [6.07, 6.45) is 6.19. The second-order valence-electron chi connectivity index (χ2n) is 5.72. The average molecular weight is 343 g/mol. The Morgan fingerprint density at radius 3 is 2.55 bits per heavy atom. The molecule has 0 spiro atoms. The first-order valence-corrected chi connectivity index (χ1v) is 7.24. The Balaban J connectivity index is 0.00000121. The molecule has 0 bridgehead atoms. The Bertz CT molecular complexity index is 591. The van der Waals surface area contributed by atoms with Gasteiger partial charge in [0.1, 0.15) is 0 Å². The fraction of sp³-hybridized carbons (Fsp3) is 0.438. The van der Waals surface area contributed by atoms with Crippen LogP contribution in [-0.4, -0.2) is 29.4 Å². The Morgan fingerprint density at radius 2 is 1.95 bits per heavy atom. The van der Waals surface area contributed by atoms with Crippen molar-refractivity contribution >= 4 is 24.8 Å². The van der Waals surface area contributed by atoms with Gasteiger partial charge in [-0.1, -0.05) is 24.3 Å². The maximum atomic E-state index is 6.12. The number of nitrogens with one attached hydrogen (secondary N) is 1. The van der Waals surface area contributed by atoms with Crippen molar-refractivity contribution in [2.75, 3.05) is 19.6 Å². The molecule has 1 aliphatic heterocycles. The van der Waals surface area contributed by atoms with E-state index in [2.05, 4.69) is 40.9 Å². The van der Waals surface area contributed by atoms with Gasteiger partial charge in [0.25, 0.3) is 0 Å². The topological polar surface area (TPSA) is 55.9 Å². The van der Waals surface area contributed by atoms with Gasteiger partial charge < -0.3 is 11.1 Å². The van der Waals surface area contributed by atoms with E-state index in [1.807, 2.05) is 17.9 Å². The van der Waals surface area contributed by atoms with Gasteiger partial charge in [-0.3, -0.25) is 4.68 Å². The van der Waals surface area contributed by atoms with Crippen molar-refractivity contribution in [2.45, 2.75) is 18.3 Å². The lowest BCUT2D eigenvalue weighted by Gasteiger charge is -2.37. The van der Waals surface area contributed by atoms with Crippen molar-refractivity contribution in [2.24, 2.45) is 12.8 Å². The summed E-state index contributed by atoms with van der Waals surface area (Å²) in [6.45, 7) is 2.81. The van der Waals surface area contributed by atoms with Crippen LogP contribution in [0.25, 0.3) is 11.1 Å². The molecule has 1 aromatic heterocycles. The van der Waals surface area contributed by atoms with Crippen LogP contribution in [0.15, 0.2) is 36.7 Å². The summed E-state index contributed by atoms with van der Waals surface area (Å²) in [6, 6.07) is 8.79. The van der Waals surface area contributed by atoms with Crippen LogP contribution < -0.4 is 11.1 Å². The van der Waals surface area contributed by atoms with Gasteiger partial charge in [-0.05, 0) is 37.1 Å². The quantitative estimate of drug-likeness (QED) is 0.900. The highest BCUT2D eigenvalue weighted by Crippen LogP contribution is 2.34. The molecule has 1 saturated heterocycles. The minimum Gasteiger partial charge on any atom is -0.330 e. The Hall–Kier alpha value is -1.07. The van der Waals surface area contributed by atoms with Gasteiger partial charge in [-0.2, -0.15) is 5.10 Å². The number of aromatic nitrogens is 2. The van der Waals surface area contributed by atoms with E-state index < -0.39 is 0 Å². The number of rotatable bonds is 3. The number of benzene rings is 1. The first kappa shape index (κ1) is 19.0. The van der Waals surface area contributed by atoms with E-state index >= 15 is 0 Å². The van der Waals surface area contributed by atoms with Gasteiger partial charge >= 0.3 is 0 Å². The van der Waals surface area contributed by atoms with Crippen molar-refractivity contribution in [3.8, 4) is 11.1 Å². The molecule has 1 aromatic carbocycles. The number of nitrogens with zero attached hydrogens (tertiary/aromatic N) is 2. The number of aryl methyl sites for hydroxylation is 1. The van der Waals surface area contributed by atoms with Crippen molar-refractivity contribution in [1.82, 2.24) is 15.1 Å². The predicted molar refractivity (Wildman–Crippen MR) is 96.0 cm³/mol. The number of nitrogens with two attached hydrogens (primary N) is 1. The molecule has 0 atom stereocenters. The lowest BCUT2D eigenvalue weighted by molar-refractivity contribution is 0.315. The van der Waals surface area contributed by atoms with Crippen LogP contribution in [-0.2, 0) is 12.5 Å². The summed E-state index contributed by atoms with van der Waals surface area (Å²) in [5, 5.41) is 7.68. The van der Waals surface area contributed by atoms with E-state index in [-0.39, 0.29) is 30.2 Å². The standard InChI is InChI=1S/C16H22N4.2ClH/c1-20-11-14(10-19-20)13-3-2-4-15(9-13)16(12-17)5-7-18-8-6-16;;/h2-4,9-11,18H,5-8,12,17H2,1H3;2*1H. The van der Waals surface area contributed by atoms with Gasteiger partial charge in [-0.15, -0.1) is 24.8 Å². The van der Waals surface area contributed by atoms with Crippen molar-refractivity contribution in [3.63, 3.8) is 0 Å². The van der Waals surface area contributed by atoms with E-state index in [9.17, 15) is 0 Å². The highest BCUT2D eigenvalue weighted by molar-refractivity contribution is 5.85. The number of piperidine rings is 1. The van der Waals surface area contributed by atoms with E-state index in [1.54, 1.807) is 0 Å². The smallest absolute Gasteiger partial charge is 0.0568 e. The van der Waals surface area contributed by atoms with E-state index in [0.717, 1.165) is 31.5 Å². The minimum atomic E-state index is 0. The van der Waals surface area contributed by atoms with Gasteiger partial charge in [-0.25, -0.2) is 0 Å².